The summed E-state index contributed by atoms with van der Waals surface area (Å²) in [7, 11) is 1.90. The van der Waals surface area contributed by atoms with Crippen molar-refractivity contribution in [1.82, 2.24) is 10.6 Å². The van der Waals surface area contributed by atoms with Crippen molar-refractivity contribution >= 4 is 5.91 Å². The van der Waals surface area contributed by atoms with Crippen molar-refractivity contribution in [3.63, 3.8) is 0 Å². The van der Waals surface area contributed by atoms with Crippen LogP contribution in [0.15, 0.2) is 0 Å². The Labute approximate surface area is 99.1 Å². The van der Waals surface area contributed by atoms with Crippen molar-refractivity contribution in [3.05, 3.63) is 0 Å². The largest absolute Gasteiger partial charge is 0.389 e. The van der Waals surface area contributed by atoms with Crippen LogP contribution < -0.4 is 10.6 Å². The number of carbonyl (C=O) groups is 1. The molecule has 0 saturated heterocycles. The topological polar surface area (TPSA) is 41.1 Å². The van der Waals surface area contributed by atoms with Crippen molar-refractivity contribution in [2.45, 2.75) is 56.8 Å². The number of alkyl halides is 3. The maximum atomic E-state index is 11.9. The van der Waals surface area contributed by atoms with Gasteiger partial charge in [0.15, 0.2) is 0 Å². The molecule has 0 radical (unpaired) electrons. The highest BCUT2D eigenvalue weighted by molar-refractivity contribution is 5.76. The minimum Gasteiger partial charge on any atom is -0.353 e. The van der Waals surface area contributed by atoms with Gasteiger partial charge in [0.05, 0.1) is 6.42 Å². The van der Waals surface area contributed by atoms with Crippen LogP contribution in [0.1, 0.15) is 38.5 Å². The Morgan fingerprint density at radius 3 is 2.18 bits per heavy atom. The number of rotatable bonds is 4. The summed E-state index contributed by atoms with van der Waals surface area (Å²) in [4.78, 5) is 11.3. The fourth-order valence-corrected chi connectivity index (χ4v) is 2.08. The Hall–Kier alpha value is -0.780. The molecule has 0 aliphatic heterocycles. The van der Waals surface area contributed by atoms with E-state index in [1.165, 1.54) is 0 Å². The third-order valence-electron chi connectivity index (χ3n) is 3.14. The van der Waals surface area contributed by atoms with E-state index in [2.05, 4.69) is 10.6 Å². The number of amides is 1. The molecule has 0 heterocycles. The lowest BCUT2D eigenvalue weighted by Crippen LogP contribution is -2.41. The van der Waals surface area contributed by atoms with Gasteiger partial charge in [0.1, 0.15) is 0 Å². The van der Waals surface area contributed by atoms with Crippen molar-refractivity contribution in [3.8, 4) is 0 Å². The zero-order chi connectivity index (χ0) is 12.9. The molecule has 1 aliphatic carbocycles. The fourth-order valence-electron chi connectivity index (χ4n) is 2.08. The number of hydrogen-bond donors (Lipinski definition) is 2. The molecule has 0 aromatic carbocycles. The van der Waals surface area contributed by atoms with Gasteiger partial charge in [0.25, 0.3) is 0 Å². The highest BCUT2D eigenvalue weighted by atomic mass is 19.4. The first-order valence-corrected chi connectivity index (χ1v) is 5.94. The zero-order valence-corrected chi connectivity index (χ0v) is 9.94. The van der Waals surface area contributed by atoms with Crippen LogP contribution in [0.3, 0.4) is 0 Å². The summed E-state index contributed by atoms with van der Waals surface area (Å²) in [5.41, 5.74) is 0. The lowest BCUT2D eigenvalue weighted by molar-refractivity contribution is -0.144. The maximum absolute atomic E-state index is 11.9. The monoisotopic (exact) mass is 252 g/mol. The van der Waals surface area contributed by atoms with Crippen LogP contribution in [-0.4, -0.2) is 31.2 Å². The summed E-state index contributed by atoms with van der Waals surface area (Å²) in [6.07, 6.45) is -2.16. The van der Waals surface area contributed by atoms with Crippen LogP contribution in [0, 0.1) is 0 Å². The van der Waals surface area contributed by atoms with E-state index >= 15 is 0 Å². The number of carbonyl (C=O) groups excluding carboxylic acids is 1. The number of hydrogen-bond acceptors (Lipinski definition) is 2. The zero-order valence-electron chi connectivity index (χ0n) is 9.94. The van der Waals surface area contributed by atoms with Gasteiger partial charge >= 0.3 is 6.18 Å². The van der Waals surface area contributed by atoms with E-state index in [4.69, 9.17) is 0 Å². The predicted octanol–water partition coefficient (Wildman–Crippen LogP) is 1.98. The van der Waals surface area contributed by atoms with Crippen LogP contribution in [0.5, 0.6) is 0 Å². The van der Waals surface area contributed by atoms with Crippen LogP contribution in [0.25, 0.3) is 0 Å². The van der Waals surface area contributed by atoms with Crippen molar-refractivity contribution in [2.75, 3.05) is 7.05 Å². The third-order valence-corrected chi connectivity index (χ3v) is 3.14. The van der Waals surface area contributed by atoms with Gasteiger partial charge in [-0.2, -0.15) is 13.2 Å². The molecule has 3 nitrogen and oxygen atoms in total. The molecule has 1 rings (SSSR count). The van der Waals surface area contributed by atoms with Crippen molar-refractivity contribution < 1.29 is 18.0 Å². The van der Waals surface area contributed by atoms with Crippen LogP contribution in [0.2, 0.25) is 0 Å². The second kappa shape index (κ2) is 6.23. The Morgan fingerprint density at radius 1 is 1.18 bits per heavy atom. The van der Waals surface area contributed by atoms with E-state index in [-0.39, 0.29) is 6.04 Å². The number of nitrogens with one attached hydrogen (secondary N) is 2. The molecule has 17 heavy (non-hydrogen) atoms. The lowest BCUT2D eigenvalue weighted by Gasteiger charge is -2.28. The molecule has 100 valence electrons. The predicted molar refractivity (Wildman–Crippen MR) is 58.5 cm³/mol. The second-order valence-electron chi connectivity index (χ2n) is 4.52. The average Bonchev–Trinajstić information content (AvgIpc) is 2.27. The van der Waals surface area contributed by atoms with E-state index in [0.717, 1.165) is 25.7 Å². The first-order chi connectivity index (χ1) is 7.90. The smallest absolute Gasteiger partial charge is 0.353 e. The third kappa shape index (κ3) is 5.91. The molecule has 1 amide bonds. The molecule has 1 saturated carbocycles. The Bertz CT molecular complexity index is 248. The molecule has 0 aromatic rings. The lowest BCUT2D eigenvalue weighted by atomic mass is 9.91. The van der Waals surface area contributed by atoms with E-state index in [1.807, 2.05) is 7.05 Å². The molecular weight excluding hydrogens is 233 g/mol. The SMILES string of the molecule is CNC1CCC(NC(=O)CCC(F)(F)F)CC1. The molecular formula is C11H19F3N2O. The molecule has 6 heteroatoms. The quantitative estimate of drug-likeness (QED) is 0.803. The maximum Gasteiger partial charge on any atom is 0.389 e. The van der Waals surface area contributed by atoms with Gasteiger partial charge in [-0.3, -0.25) is 4.79 Å². The van der Waals surface area contributed by atoms with Gasteiger partial charge in [-0.05, 0) is 32.7 Å². The van der Waals surface area contributed by atoms with Crippen LogP contribution >= 0.6 is 0 Å². The van der Waals surface area contributed by atoms with Gasteiger partial charge in [-0.15, -0.1) is 0 Å². The summed E-state index contributed by atoms with van der Waals surface area (Å²) < 4.78 is 35.7. The van der Waals surface area contributed by atoms with Crippen molar-refractivity contribution in [2.24, 2.45) is 0 Å². The average molecular weight is 252 g/mol. The fraction of sp³-hybridized carbons (Fsp3) is 0.909. The molecule has 0 aromatic heterocycles. The normalized spacial score (nSPS) is 25.6. The first-order valence-electron chi connectivity index (χ1n) is 5.94. The van der Waals surface area contributed by atoms with Gasteiger partial charge in [-0.1, -0.05) is 0 Å². The molecule has 1 aliphatic rings. The van der Waals surface area contributed by atoms with E-state index in [0.29, 0.717) is 6.04 Å². The molecule has 0 atom stereocenters. The van der Waals surface area contributed by atoms with Gasteiger partial charge in [0, 0.05) is 18.5 Å². The summed E-state index contributed by atoms with van der Waals surface area (Å²) in [5.74, 6) is -0.491. The van der Waals surface area contributed by atoms with Gasteiger partial charge < -0.3 is 10.6 Å². The summed E-state index contributed by atoms with van der Waals surface area (Å²) in [6, 6.07) is 0.513. The molecule has 0 spiro atoms. The van der Waals surface area contributed by atoms with Crippen LogP contribution in [0.4, 0.5) is 13.2 Å². The Kier molecular flexibility index (Phi) is 5.24. The summed E-state index contributed by atoms with van der Waals surface area (Å²) in [6.45, 7) is 0. The Morgan fingerprint density at radius 2 is 1.71 bits per heavy atom. The number of halogens is 3. The minimum atomic E-state index is -4.25. The highest BCUT2D eigenvalue weighted by Crippen LogP contribution is 2.22. The second-order valence-corrected chi connectivity index (χ2v) is 4.52. The first kappa shape index (κ1) is 14.3. The standard InChI is InChI=1S/C11H19F3N2O/c1-15-8-2-4-9(5-3-8)16-10(17)6-7-11(12,13)14/h8-9,15H,2-7H2,1H3,(H,16,17). The minimum absolute atomic E-state index is 0.0420. The molecule has 0 unspecified atom stereocenters. The molecule has 2 N–H and O–H groups in total. The van der Waals surface area contributed by atoms with E-state index in [1.54, 1.807) is 0 Å². The Balaban J connectivity index is 2.19. The summed E-state index contributed by atoms with van der Waals surface area (Å²) in [5, 5.41) is 5.83. The summed E-state index contributed by atoms with van der Waals surface area (Å²) >= 11 is 0. The van der Waals surface area contributed by atoms with Gasteiger partial charge in [0.2, 0.25) is 5.91 Å². The van der Waals surface area contributed by atoms with Gasteiger partial charge in [-0.25, -0.2) is 0 Å². The highest BCUT2D eigenvalue weighted by Gasteiger charge is 2.28. The van der Waals surface area contributed by atoms with E-state index < -0.39 is 24.9 Å². The van der Waals surface area contributed by atoms with Crippen molar-refractivity contribution in [1.29, 1.82) is 0 Å². The molecule has 1 fully saturated rings. The van der Waals surface area contributed by atoms with Crippen LogP contribution in [-0.2, 0) is 4.79 Å². The van der Waals surface area contributed by atoms with E-state index in [9.17, 15) is 18.0 Å². The molecule has 0 bridgehead atoms.